The Balaban J connectivity index is 1.63. The first-order valence-electron chi connectivity index (χ1n) is 8.99. The van der Waals surface area contributed by atoms with E-state index < -0.39 is 5.82 Å². The molecule has 1 aliphatic heterocycles. The van der Waals surface area contributed by atoms with Crippen LogP contribution in [0.2, 0.25) is 0 Å². The molecule has 7 nitrogen and oxygen atoms in total. The van der Waals surface area contributed by atoms with Crippen LogP contribution in [-0.2, 0) is 4.74 Å². The minimum Gasteiger partial charge on any atom is -0.380 e. The number of anilines is 1. The minimum atomic E-state index is -0.405. The highest BCUT2D eigenvalue weighted by molar-refractivity contribution is 7.17. The molecule has 9 heteroatoms. The second-order valence-corrected chi connectivity index (χ2v) is 7.65. The Morgan fingerprint density at radius 1 is 1.43 bits per heavy atom. The molecule has 0 spiro atoms. The predicted molar refractivity (Wildman–Crippen MR) is 105 cm³/mol. The van der Waals surface area contributed by atoms with Crippen molar-refractivity contribution in [2.75, 3.05) is 25.5 Å². The van der Waals surface area contributed by atoms with Crippen LogP contribution in [0.5, 0.6) is 0 Å². The van der Waals surface area contributed by atoms with Gasteiger partial charge in [0, 0.05) is 26.4 Å². The van der Waals surface area contributed by atoms with Gasteiger partial charge in [-0.3, -0.25) is 9.78 Å². The Bertz CT molecular complexity index is 1010. The van der Waals surface area contributed by atoms with Crippen molar-refractivity contribution in [2.45, 2.75) is 25.5 Å². The van der Waals surface area contributed by atoms with Crippen LogP contribution in [0.4, 0.5) is 10.3 Å². The molecule has 4 rings (SSSR count). The van der Waals surface area contributed by atoms with E-state index in [4.69, 9.17) is 4.74 Å². The molecule has 1 aliphatic rings. The maximum absolute atomic E-state index is 13.5. The Labute approximate surface area is 165 Å². The minimum absolute atomic E-state index is 0.0581. The summed E-state index contributed by atoms with van der Waals surface area (Å²) in [5, 5.41) is 5.04. The zero-order chi connectivity index (χ0) is 19.7. The number of hydrogen-bond donors (Lipinski definition) is 1. The van der Waals surface area contributed by atoms with E-state index in [2.05, 4.69) is 20.3 Å². The van der Waals surface area contributed by atoms with Crippen LogP contribution in [-0.4, -0.2) is 52.1 Å². The molecule has 4 heterocycles. The quantitative estimate of drug-likeness (QED) is 0.707. The van der Waals surface area contributed by atoms with Gasteiger partial charge in [0.1, 0.15) is 5.82 Å². The fourth-order valence-electron chi connectivity index (χ4n) is 3.27. The highest BCUT2D eigenvalue weighted by Gasteiger charge is 2.29. The van der Waals surface area contributed by atoms with Crippen molar-refractivity contribution in [1.29, 1.82) is 0 Å². The number of methoxy groups -OCH3 is 1. The summed E-state index contributed by atoms with van der Waals surface area (Å²) in [6.45, 7) is 3.06. The molecular formula is C19H20FN5O2S. The van der Waals surface area contributed by atoms with Gasteiger partial charge in [0.15, 0.2) is 5.69 Å². The van der Waals surface area contributed by atoms with E-state index in [0.717, 1.165) is 17.3 Å². The van der Waals surface area contributed by atoms with E-state index in [-0.39, 0.29) is 18.1 Å². The Morgan fingerprint density at radius 2 is 2.29 bits per heavy atom. The number of nitrogens with one attached hydrogen (secondary N) is 1. The molecule has 0 aromatic carbocycles. The number of amides is 1. The average molecular weight is 401 g/mol. The zero-order valence-electron chi connectivity index (χ0n) is 15.6. The van der Waals surface area contributed by atoms with Gasteiger partial charge in [-0.05, 0) is 36.4 Å². The van der Waals surface area contributed by atoms with Crippen molar-refractivity contribution in [3.05, 3.63) is 47.0 Å². The first-order valence-corrected chi connectivity index (χ1v) is 9.87. The number of ether oxygens (including phenoxy) is 1. The molecule has 0 saturated carbocycles. The molecule has 28 heavy (non-hydrogen) atoms. The van der Waals surface area contributed by atoms with Crippen LogP contribution in [0, 0.1) is 5.82 Å². The van der Waals surface area contributed by atoms with Crippen molar-refractivity contribution in [3.63, 3.8) is 0 Å². The molecule has 3 aromatic rings. The maximum atomic E-state index is 13.5. The third kappa shape index (κ3) is 3.67. The average Bonchev–Trinajstić information content (AvgIpc) is 3.36. The van der Waals surface area contributed by atoms with Crippen LogP contribution >= 0.6 is 11.3 Å². The van der Waals surface area contributed by atoms with Crippen molar-refractivity contribution in [1.82, 2.24) is 19.9 Å². The van der Waals surface area contributed by atoms with Gasteiger partial charge in [-0.2, -0.15) is 0 Å². The number of fused-ring (bicyclic) bond motifs is 1. The van der Waals surface area contributed by atoms with Gasteiger partial charge in [0.2, 0.25) is 5.95 Å². The van der Waals surface area contributed by atoms with Crippen LogP contribution < -0.4 is 5.32 Å². The van der Waals surface area contributed by atoms with Crippen LogP contribution in [0.3, 0.4) is 0 Å². The summed E-state index contributed by atoms with van der Waals surface area (Å²) in [5.74, 6) is -0.205. The van der Waals surface area contributed by atoms with E-state index in [1.807, 2.05) is 18.4 Å². The van der Waals surface area contributed by atoms with Crippen molar-refractivity contribution in [2.24, 2.45) is 0 Å². The summed E-state index contributed by atoms with van der Waals surface area (Å²) in [6.07, 6.45) is 3.62. The number of aromatic nitrogens is 3. The summed E-state index contributed by atoms with van der Waals surface area (Å²) in [7, 11) is 1.66. The fourth-order valence-corrected chi connectivity index (χ4v) is 4.08. The standard InChI is InChI=1S/C19H20FN5O2S/c1-11(12-7-13(20)9-21-8-12)22-19-23-15-4-6-28-17(15)16(24-19)18(26)25-5-3-14(10-25)27-2/h4,6-9,11,14H,3,5,10H2,1-2H3,(H,22,23,24)/t11-,14+/m0/s1. The SMILES string of the molecule is CO[C@@H]1CCN(C(=O)c2nc(N[C@@H](C)c3cncc(F)c3)nc3ccsc23)C1. The number of nitrogens with zero attached hydrogens (tertiary/aromatic N) is 4. The van der Waals surface area contributed by atoms with Gasteiger partial charge in [0.25, 0.3) is 5.91 Å². The van der Waals surface area contributed by atoms with Crippen molar-refractivity contribution in [3.8, 4) is 0 Å². The third-order valence-corrected chi connectivity index (χ3v) is 5.75. The Hall–Kier alpha value is -2.65. The number of halogens is 1. The lowest BCUT2D eigenvalue weighted by atomic mass is 10.1. The fraction of sp³-hybridized carbons (Fsp3) is 0.368. The number of hydrogen-bond acceptors (Lipinski definition) is 7. The van der Waals surface area contributed by atoms with E-state index in [0.29, 0.717) is 35.8 Å². The molecular weight excluding hydrogens is 381 g/mol. The summed E-state index contributed by atoms with van der Waals surface area (Å²) >= 11 is 1.44. The molecule has 146 valence electrons. The molecule has 0 aliphatic carbocycles. The number of pyridine rings is 1. The van der Waals surface area contributed by atoms with Gasteiger partial charge < -0.3 is 15.0 Å². The number of carbonyl (C=O) groups excluding carboxylic acids is 1. The maximum Gasteiger partial charge on any atom is 0.274 e. The lowest BCUT2D eigenvalue weighted by molar-refractivity contribution is 0.0721. The second kappa shape index (κ2) is 7.76. The molecule has 0 unspecified atom stereocenters. The number of carbonyl (C=O) groups is 1. The zero-order valence-corrected chi connectivity index (χ0v) is 16.4. The molecule has 1 amide bonds. The first-order chi connectivity index (χ1) is 13.5. The van der Waals surface area contributed by atoms with Gasteiger partial charge >= 0.3 is 0 Å². The van der Waals surface area contributed by atoms with Crippen LogP contribution in [0.25, 0.3) is 10.2 Å². The molecule has 0 bridgehead atoms. The second-order valence-electron chi connectivity index (χ2n) is 6.73. The highest BCUT2D eigenvalue weighted by Crippen LogP contribution is 2.27. The first kappa shape index (κ1) is 18.7. The smallest absolute Gasteiger partial charge is 0.274 e. The van der Waals surface area contributed by atoms with Crippen molar-refractivity contribution >= 4 is 33.4 Å². The van der Waals surface area contributed by atoms with E-state index in [9.17, 15) is 9.18 Å². The molecule has 2 atom stereocenters. The van der Waals surface area contributed by atoms with Crippen LogP contribution in [0.1, 0.15) is 35.4 Å². The van der Waals surface area contributed by atoms with Crippen LogP contribution in [0.15, 0.2) is 29.9 Å². The number of likely N-dealkylation sites (tertiary alicyclic amines) is 1. The van der Waals surface area contributed by atoms with Gasteiger partial charge in [-0.15, -0.1) is 11.3 Å². The monoisotopic (exact) mass is 401 g/mol. The summed E-state index contributed by atoms with van der Waals surface area (Å²) in [6, 6.07) is 3.00. The largest absolute Gasteiger partial charge is 0.380 e. The topological polar surface area (TPSA) is 80.2 Å². The lowest BCUT2D eigenvalue weighted by Gasteiger charge is -2.18. The van der Waals surface area contributed by atoms with E-state index in [1.165, 1.54) is 17.4 Å². The lowest BCUT2D eigenvalue weighted by Crippen LogP contribution is -2.31. The normalized spacial score (nSPS) is 17.8. The Kier molecular flexibility index (Phi) is 5.19. The molecule has 0 radical (unpaired) electrons. The highest BCUT2D eigenvalue weighted by atomic mass is 32.1. The third-order valence-electron chi connectivity index (χ3n) is 4.84. The summed E-state index contributed by atoms with van der Waals surface area (Å²) in [5.41, 5.74) is 1.76. The number of thiophene rings is 1. The van der Waals surface area contributed by atoms with Crippen molar-refractivity contribution < 1.29 is 13.9 Å². The molecule has 1 fully saturated rings. The summed E-state index contributed by atoms with van der Waals surface area (Å²) < 4.78 is 19.6. The number of rotatable bonds is 5. The molecule has 1 saturated heterocycles. The van der Waals surface area contributed by atoms with E-state index >= 15 is 0 Å². The molecule has 1 N–H and O–H groups in total. The van der Waals surface area contributed by atoms with E-state index in [1.54, 1.807) is 18.2 Å². The molecule has 3 aromatic heterocycles. The van der Waals surface area contributed by atoms with Gasteiger partial charge in [-0.1, -0.05) is 0 Å². The Morgan fingerprint density at radius 3 is 3.04 bits per heavy atom. The van der Waals surface area contributed by atoms with Gasteiger partial charge in [0.05, 0.1) is 28.6 Å². The summed E-state index contributed by atoms with van der Waals surface area (Å²) in [4.78, 5) is 27.7. The van der Waals surface area contributed by atoms with Gasteiger partial charge in [-0.25, -0.2) is 14.4 Å². The predicted octanol–water partition coefficient (Wildman–Crippen LogP) is 3.26.